The first kappa shape index (κ1) is 15.1. The third-order valence-electron chi connectivity index (χ3n) is 3.44. The van der Waals surface area contributed by atoms with Crippen molar-refractivity contribution >= 4 is 17.3 Å². The van der Waals surface area contributed by atoms with Gasteiger partial charge in [0, 0.05) is 24.5 Å². The average Bonchev–Trinajstić information content (AvgIpc) is 2.47. The van der Waals surface area contributed by atoms with Gasteiger partial charge >= 0.3 is 5.63 Å². The number of fused-ring (bicyclic) bond motifs is 1. The Labute approximate surface area is 120 Å². The predicted molar refractivity (Wildman–Crippen MR) is 76.4 cm³/mol. The third-order valence-corrected chi connectivity index (χ3v) is 3.44. The molecule has 0 aliphatic carbocycles. The standard InChI is InChI=1S/C15H16O6/c1-8-9(4-5-19-2)15(18)21-14-10(8)6-12(20-3)13(17)11(14)7-16/h6-7,17H,4-5H2,1-3H3. The molecule has 21 heavy (non-hydrogen) atoms. The summed E-state index contributed by atoms with van der Waals surface area (Å²) in [6.45, 7) is 2.14. The van der Waals surface area contributed by atoms with Crippen LogP contribution in [0.3, 0.4) is 0 Å². The third kappa shape index (κ3) is 2.50. The van der Waals surface area contributed by atoms with Gasteiger partial charge in [0.2, 0.25) is 0 Å². The molecule has 6 heteroatoms. The molecule has 0 saturated carbocycles. The van der Waals surface area contributed by atoms with E-state index in [0.717, 1.165) is 0 Å². The number of phenols is 1. The van der Waals surface area contributed by atoms with Gasteiger partial charge in [-0.3, -0.25) is 4.79 Å². The van der Waals surface area contributed by atoms with Gasteiger partial charge in [0.25, 0.3) is 0 Å². The molecule has 1 N–H and O–H groups in total. The fraction of sp³-hybridized carbons (Fsp3) is 0.333. The number of benzene rings is 1. The number of ether oxygens (including phenoxy) is 2. The number of aromatic hydroxyl groups is 1. The molecule has 2 rings (SSSR count). The highest BCUT2D eigenvalue weighted by atomic mass is 16.5. The quantitative estimate of drug-likeness (QED) is 0.668. The van der Waals surface area contributed by atoms with Crippen LogP contribution in [-0.4, -0.2) is 32.2 Å². The van der Waals surface area contributed by atoms with E-state index in [1.807, 2.05) is 0 Å². The van der Waals surface area contributed by atoms with Crippen molar-refractivity contribution in [1.29, 1.82) is 0 Å². The van der Waals surface area contributed by atoms with E-state index in [1.54, 1.807) is 20.1 Å². The Bertz CT molecular complexity index is 744. The molecule has 0 radical (unpaired) electrons. The Morgan fingerprint density at radius 1 is 1.38 bits per heavy atom. The van der Waals surface area contributed by atoms with E-state index >= 15 is 0 Å². The lowest BCUT2D eigenvalue weighted by molar-refractivity contribution is 0.112. The van der Waals surface area contributed by atoms with Crippen LogP contribution in [-0.2, 0) is 11.2 Å². The summed E-state index contributed by atoms with van der Waals surface area (Å²) >= 11 is 0. The van der Waals surface area contributed by atoms with Crippen LogP contribution in [0.4, 0.5) is 0 Å². The molecule has 0 atom stereocenters. The second-order valence-electron chi connectivity index (χ2n) is 4.57. The topological polar surface area (TPSA) is 86.0 Å². The Morgan fingerprint density at radius 3 is 2.67 bits per heavy atom. The highest BCUT2D eigenvalue weighted by Crippen LogP contribution is 2.36. The van der Waals surface area contributed by atoms with E-state index in [9.17, 15) is 14.7 Å². The van der Waals surface area contributed by atoms with Gasteiger partial charge in [-0.1, -0.05) is 0 Å². The highest BCUT2D eigenvalue weighted by Gasteiger charge is 2.19. The van der Waals surface area contributed by atoms with Gasteiger partial charge in [0.1, 0.15) is 5.56 Å². The van der Waals surface area contributed by atoms with Crippen LogP contribution in [0.5, 0.6) is 11.5 Å². The summed E-state index contributed by atoms with van der Waals surface area (Å²) in [6, 6.07) is 1.55. The van der Waals surface area contributed by atoms with E-state index in [2.05, 4.69) is 0 Å². The first-order chi connectivity index (χ1) is 10.0. The van der Waals surface area contributed by atoms with Crippen molar-refractivity contribution in [2.45, 2.75) is 13.3 Å². The maximum Gasteiger partial charge on any atom is 0.339 e. The molecule has 0 amide bonds. The molecule has 112 valence electrons. The van der Waals surface area contributed by atoms with Crippen molar-refractivity contribution in [3.8, 4) is 11.5 Å². The second kappa shape index (κ2) is 5.97. The molecule has 0 saturated heterocycles. The monoisotopic (exact) mass is 292 g/mol. The zero-order valence-electron chi connectivity index (χ0n) is 12.1. The van der Waals surface area contributed by atoms with Crippen LogP contribution in [0.2, 0.25) is 0 Å². The fourth-order valence-corrected chi connectivity index (χ4v) is 2.27. The number of methoxy groups -OCH3 is 2. The lowest BCUT2D eigenvalue weighted by Crippen LogP contribution is -2.13. The Morgan fingerprint density at radius 2 is 2.10 bits per heavy atom. The number of hydrogen-bond donors (Lipinski definition) is 1. The minimum Gasteiger partial charge on any atom is -0.504 e. The van der Waals surface area contributed by atoms with Crippen molar-refractivity contribution in [2.24, 2.45) is 0 Å². The fourth-order valence-electron chi connectivity index (χ4n) is 2.27. The van der Waals surface area contributed by atoms with Crippen molar-refractivity contribution in [3.05, 3.63) is 33.2 Å². The van der Waals surface area contributed by atoms with Crippen LogP contribution in [0.25, 0.3) is 11.0 Å². The average molecular weight is 292 g/mol. The van der Waals surface area contributed by atoms with E-state index in [-0.39, 0.29) is 22.6 Å². The largest absolute Gasteiger partial charge is 0.504 e. The maximum atomic E-state index is 12.0. The molecule has 0 aliphatic heterocycles. The molecule has 0 aliphatic rings. The minimum atomic E-state index is -0.537. The summed E-state index contributed by atoms with van der Waals surface area (Å²) < 4.78 is 15.2. The molecule has 6 nitrogen and oxygen atoms in total. The molecule has 2 aromatic rings. The van der Waals surface area contributed by atoms with E-state index < -0.39 is 5.63 Å². The zero-order chi connectivity index (χ0) is 15.6. The zero-order valence-corrected chi connectivity index (χ0v) is 12.1. The highest BCUT2D eigenvalue weighted by molar-refractivity contribution is 6.00. The molecule has 0 unspecified atom stereocenters. The summed E-state index contributed by atoms with van der Waals surface area (Å²) in [5, 5.41) is 10.5. The van der Waals surface area contributed by atoms with Crippen LogP contribution >= 0.6 is 0 Å². The number of rotatable bonds is 5. The summed E-state index contributed by atoms with van der Waals surface area (Å²) in [5.74, 6) is -0.188. The number of aryl methyl sites for hydroxylation is 1. The van der Waals surface area contributed by atoms with Crippen molar-refractivity contribution < 1.29 is 23.8 Å². The minimum absolute atomic E-state index is 0.0620. The van der Waals surface area contributed by atoms with E-state index in [4.69, 9.17) is 13.9 Å². The maximum absolute atomic E-state index is 12.0. The number of aldehydes is 1. The summed E-state index contributed by atoms with van der Waals surface area (Å²) in [4.78, 5) is 23.2. The SMILES string of the molecule is COCCc1c(C)c2cc(OC)c(O)c(C=O)c2oc1=O. The molecule has 0 bridgehead atoms. The predicted octanol–water partition coefficient (Wildman–Crippen LogP) is 1.82. The van der Waals surface area contributed by atoms with Gasteiger partial charge in [-0.2, -0.15) is 0 Å². The van der Waals surface area contributed by atoms with Crippen molar-refractivity contribution in [1.82, 2.24) is 0 Å². The van der Waals surface area contributed by atoms with Gasteiger partial charge in [0.15, 0.2) is 23.4 Å². The van der Waals surface area contributed by atoms with Gasteiger partial charge in [-0.15, -0.1) is 0 Å². The van der Waals surface area contributed by atoms with Gasteiger partial charge < -0.3 is 19.0 Å². The first-order valence-corrected chi connectivity index (χ1v) is 6.35. The number of phenolic OH excluding ortho intramolecular Hbond substituents is 1. The van der Waals surface area contributed by atoms with Crippen LogP contribution in [0, 0.1) is 6.92 Å². The summed E-state index contributed by atoms with van der Waals surface area (Å²) in [5.41, 5.74) is 0.591. The summed E-state index contributed by atoms with van der Waals surface area (Å²) in [6.07, 6.45) is 0.845. The normalized spacial score (nSPS) is 10.8. The Balaban J connectivity index is 2.84. The van der Waals surface area contributed by atoms with Crippen LogP contribution in [0.15, 0.2) is 15.3 Å². The molecular weight excluding hydrogens is 276 g/mol. The molecular formula is C15H16O6. The lowest BCUT2D eigenvalue weighted by Gasteiger charge is -2.12. The van der Waals surface area contributed by atoms with Gasteiger partial charge in [-0.05, 0) is 18.6 Å². The van der Waals surface area contributed by atoms with E-state index in [0.29, 0.717) is 35.8 Å². The van der Waals surface area contributed by atoms with Gasteiger partial charge in [-0.25, -0.2) is 4.79 Å². The van der Waals surface area contributed by atoms with Crippen LogP contribution in [0.1, 0.15) is 21.5 Å². The smallest absolute Gasteiger partial charge is 0.339 e. The second-order valence-corrected chi connectivity index (χ2v) is 4.57. The van der Waals surface area contributed by atoms with Crippen molar-refractivity contribution in [2.75, 3.05) is 20.8 Å². The number of carbonyl (C=O) groups is 1. The molecule has 1 aromatic heterocycles. The molecule has 1 heterocycles. The Kier molecular flexibility index (Phi) is 4.28. The Hall–Kier alpha value is -2.34. The summed E-state index contributed by atoms with van der Waals surface area (Å²) in [7, 11) is 2.93. The van der Waals surface area contributed by atoms with E-state index in [1.165, 1.54) is 7.11 Å². The van der Waals surface area contributed by atoms with Gasteiger partial charge in [0.05, 0.1) is 13.7 Å². The van der Waals surface area contributed by atoms with Crippen molar-refractivity contribution in [3.63, 3.8) is 0 Å². The number of carbonyl (C=O) groups excluding carboxylic acids is 1. The van der Waals surface area contributed by atoms with Crippen LogP contribution < -0.4 is 10.4 Å². The first-order valence-electron chi connectivity index (χ1n) is 6.35. The lowest BCUT2D eigenvalue weighted by atomic mass is 10.0. The molecule has 0 fully saturated rings. The molecule has 0 spiro atoms. The molecule has 1 aromatic carbocycles. The number of hydrogen-bond acceptors (Lipinski definition) is 6.